The average molecular weight is 770 g/mol. The molecule has 1 aromatic carbocycles. The van der Waals surface area contributed by atoms with E-state index in [1.165, 1.54) is 250 Å². The lowest BCUT2D eigenvalue weighted by atomic mass is 10.0. The zero-order valence-corrected chi connectivity index (χ0v) is 37.2. The Morgan fingerprint density at radius 3 is 0.945 bits per heavy atom. The molecule has 0 fully saturated rings. The minimum absolute atomic E-state index is 0.689. The molecule has 1 rings (SSSR count). The first-order chi connectivity index (χ1) is 27.3. The summed E-state index contributed by atoms with van der Waals surface area (Å²) >= 11 is 0. The first kappa shape index (κ1) is 51.3. The summed E-state index contributed by atoms with van der Waals surface area (Å²) in [4.78, 5) is 0. The largest absolute Gasteiger partial charge is 0.493 e. The maximum Gasteiger partial charge on any atom is 0.131 e. The van der Waals surface area contributed by atoms with Gasteiger partial charge in [-0.1, -0.05) is 263 Å². The van der Waals surface area contributed by atoms with Gasteiger partial charge in [-0.25, -0.2) is 0 Å². The van der Waals surface area contributed by atoms with Crippen molar-refractivity contribution in [3.05, 3.63) is 23.8 Å². The third-order valence-corrected chi connectivity index (χ3v) is 11.7. The maximum absolute atomic E-state index is 9.13. The van der Waals surface area contributed by atoms with E-state index in [1.807, 2.05) is 18.2 Å². The van der Waals surface area contributed by atoms with Crippen LogP contribution in [0.2, 0.25) is 0 Å². The van der Waals surface area contributed by atoms with Crippen LogP contribution in [-0.2, 0) is 0 Å². The Morgan fingerprint density at radius 2 is 0.655 bits per heavy atom. The third kappa shape index (κ3) is 36.4. The van der Waals surface area contributed by atoms with Crippen LogP contribution in [0.5, 0.6) is 11.5 Å². The van der Waals surface area contributed by atoms with Crippen LogP contribution < -0.4 is 9.47 Å². The van der Waals surface area contributed by atoms with Gasteiger partial charge in [0.25, 0.3) is 0 Å². The van der Waals surface area contributed by atoms with Gasteiger partial charge in [0.2, 0.25) is 0 Å². The van der Waals surface area contributed by atoms with E-state index in [0.717, 1.165) is 36.5 Å². The SMILES string of the molecule is CCCCCCCCCCCCCCCCCCCCCCOc1ccc(/C=N/O)c(OCCCCCCCCCCCCCCCCCCCCCC)c1. The summed E-state index contributed by atoms with van der Waals surface area (Å²) < 4.78 is 12.2. The lowest BCUT2D eigenvalue weighted by molar-refractivity contribution is 0.289. The summed E-state index contributed by atoms with van der Waals surface area (Å²) in [5.74, 6) is 1.59. The van der Waals surface area contributed by atoms with Gasteiger partial charge in [0.15, 0.2) is 0 Å². The second-order valence-electron chi connectivity index (χ2n) is 17.1. The van der Waals surface area contributed by atoms with Crippen molar-refractivity contribution >= 4 is 6.21 Å². The predicted molar refractivity (Wildman–Crippen MR) is 243 cm³/mol. The van der Waals surface area contributed by atoms with Gasteiger partial charge in [0.05, 0.1) is 19.4 Å². The monoisotopic (exact) mass is 770 g/mol. The Morgan fingerprint density at radius 1 is 0.382 bits per heavy atom. The van der Waals surface area contributed by atoms with Crippen LogP contribution in [0, 0.1) is 0 Å². The summed E-state index contributed by atoms with van der Waals surface area (Å²) in [6.07, 6.45) is 57.2. The van der Waals surface area contributed by atoms with E-state index in [-0.39, 0.29) is 0 Å². The molecule has 4 nitrogen and oxygen atoms in total. The number of rotatable bonds is 45. The standard InChI is InChI=1S/C51H95NO3/c1-3-5-7-9-11-13-15-17-19-21-23-25-27-29-31-33-35-37-39-41-45-54-50-44-43-49(48-52-53)51(47-50)55-46-42-40-38-36-34-32-30-28-26-24-22-20-18-16-14-12-10-8-6-4-2/h43-44,47-48,53H,3-42,45-46H2,1-2H3/b52-48+. The van der Waals surface area contributed by atoms with Crippen molar-refractivity contribution in [2.45, 2.75) is 271 Å². The molecule has 0 saturated heterocycles. The van der Waals surface area contributed by atoms with Gasteiger partial charge in [-0.3, -0.25) is 0 Å². The number of hydrogen-bond acceptors (Lipinski definition) is 4. The summed E-state index contributed by atoms with van der Waals surface area (Å²) in [6.45, 7) is 6.03. The van der Waals surface area contributed by atoms with E-state index in [0.29, 0.717) is 6.61 Å². The zero-order chi connectivity index (χ0) is 39.4. The fourth-order valence-corrected chi connectivity index (χ4v) is 7.99. The molecule has 322 valence electrons. The molecule has 1 N–H and O–H groups in total. The van der Waals surface area contributed by atoms with E-state index in [1.54, 1.807) is 0 Å². The molecule has 0 aromatic heterocycles. The maximum atomic E-state index is 9.13. The molecule has 0 saturated carbocycles. The second kappa shape index (κ2) is 43.4. The quantitative estimate of drug-likeness (QED) is 0.0311. The molecule has 0 bridgehead atoms. The van der Waals surface area contributed by atoms with Gasteiger partial charge < -0.3 is 14.7 Å². The highest BCUT2D eigenvalue weighted by Crippen LogP contribution is 2.25. The molecule has 0 heterocycles. The number of nitrogens with zero attached hydrogens (tertiary/aromatic N) is 1. The number of benzene rings is 1. The number of hydrogen-bond donors (Lipinski definition) is 1. The molecule has 0 radical (unpaired) electrons. The molecule has 0 spiro atoms. The van der Waals surface area contributed by atoms with Crippen LogP contribution in [0.15, 0.2) is 23.4 Å². The molecule has 4 heteroatoms. The molecule has 0 aliphatic rings. The Balaban J connectivity index is 1.93. The van der Waals surface area contributed by atoms with E-state index < -0.39 is 0 Å². The second-order valence-corrected chi connectivity index (χ2v) is 17.1. The van der Waals surface area contributed by atoms with E-state index >= 15 is 0 Å². The highest BCUT2D eigenvalue weighted by molar-refractivity contribution is 5.83. The van der Waals surface area contributed by atoms with Crippen molar-refractivity contribution in [3.63, 3.8) is 0 Å². The molecular formula is C51H95NO3. The smallest absolute Gasteiger partial charge is 0.131 e. The normalized spacial score (nSPS) is 11.6. The van der Waals surface area contributed by atoms with Crippen LogP contribution >= 0.6 is 0 Å². The van der Waals surface area contributed by atoms with E-state index in [2.05, 4.69) is 19.0 Å². The summed E-state index contributed by atoms with van der Waals surface area (Å²) in [7, 11) is 0. The van der Waals surface area contributed by atoms with Crippen molar-refractivity contribution < 1.29 is 14.7 Å². The van der Waals surface area contributed by atoms with Crippen molar-refractivity contribution in [3.8, 4) is 11.5 Å². The average Bonchev–Trinajstić information content (AvgIpc) is 3.20. The highest BCUT2D eigenvalue weighted by atomic mass is 16.5. The van der Waals surface area contributed by atoms with Crippen LogP contribution in [0.4, 0.5) is 0 Å². The molecular weight excluding hydrogens is 675 g/mol. The van der Waals surface area contributed by atoms with Crippen molar-refractivity contribution in [2.75, 3.05) is 13.2 Å². The number of ether oxygens (including phenoxy) is 2. The molecule has 55 heavy (non-hydrogen) atoms. The Hall–Kier alpha value is -1.71. The molecule has 0 amide bonds. The fourth-order valence-electron chi connectivity index (χ4n) is 7.99. The van der Waals surface area contributed by atoms with Crippen LogP contribution in [-0.4, -0.2) is 24.6 Å². The van der Waals surface area contributed by atoms with Gasteiger partial charge in [-0.05, 0) is 25.0 Å². The minimum Gasteiger partial charge on any atom is -0.493 e. The van der Waals surface area contributed by atoms with Crippen LogP contribution in [0.1, 0.15) is 276 Å². The zero-order valence-electron chi connectivity index (χ0n) is 37.2. The highest BCUT2D eigenvalue weighted by Gasteiger charge is 2.06. The van der Waals surface area contributed by atoms with Gasteiger partial charge >= 0.3 is 0 Å². The first-order valence-corrected chi connectivity index (χ1v) is 24.9. The lowest BCUT2D eigenvalue weighted by Gasteiger charge is -2.12. The molecule has 0 aliphatic carbocycles. The molecule has 0 unspecified atom stereocenters. The van der Waals surface area contributed by atoms with Crippen molar-refractivity contribution in [1.29, 1.82) is 0 Å². The molecule has 0 aliphatic heterocycles. The van der Waals surface area contributed by atoms with Crippen molar-refractivity contribution in [2.24, 2.45) is 5.16 Å². The summed E-state index contributed by atoms with van der Waals surface area (Å²) in [5.41, 5.74) is 0.793. The van der Waals surface area contributed by atoms with Crippen molar-refractivity contribution in [1.82, 2.24) is 0 Å². The molecule has 0 atom stereocenters. The first-order valence-electron chi connectivity index (χ1n) is 24.9. The molecule has 1 aromatic rings. The Kier molecular flexibility index (Phi) is 40.5. The summed E-state index contributed by atoms with van der Waals surface area (Å²) in [6, 6.07) is 5.85. The Bertz CT molecular complexity index is 917. The van der Waals surface area contributed by atoms with E-state index in [9.17, 15) is 0 Å². The van der Waals surface area contributed by atoms with E-state index in [4.69, 9.17) is 14.7 Å². The third-order valence-electron chi connectivity index (χ3n) is 11.7. The van der Waals surface area contributed by atoms with Crippen LogP contribution in [0.25, 0.3) is 0 Å². The number of oxime groups is 1. The number of unbranched alkanes of at least 4 members (excludes halogenated alkanes) is 38. The topological polar surface area (TPSA) is 51.0 Å². The van der Waals surface area contributed by atoms with Gasteiger partial charge in [-0.2, -0.15) is 0 Å². The van der Waals surface area contributed by atoms with Gasteiger partial charge in [-0.15, -0.1) is 0 Å². The summed E-state index contributed by atoms with van der Waals surface area (Å²) in [5, 5.41) is 12.4. The van der Waals surface area contributed by atoms with Gasteiger partial charge in [0.1, 0.15) is 11.5 Å². The predicted octanol–water partition coefficient (Wildman–Crippen LogP) is 17.9. The van der Waals surface area contributed by atoms with Gasteiger partial charge in [0, 0.05) is 11.6 Å². The fraction of sp³-hybridized carbons (Fsp3) is 0.863. The Labute approximate surface area is 344 Å². The minimum atomic E-state index is 0.689. The van der Waals surface area contributed by atoms with Crippen LogP contribution in [0.3, 0.4) is 0 Å². The lowest BCUT2D eigenvalue weighted by Crippen LogP contribution is -2.02.